The molecule has 1 heterocycles. The fourth-order valence-corrected chi connectivity index (χ4v) is 2.39. The molecule has 1 atom stereocenters. The van der Waals surface area contributed by atoms with E-state index in [4.69, 9.17) is 9.47 Å². The van der Waals surface area contributed by atoms with Crippen molar-refractivity contribution >= 4 is 17.7 Å². The molecule has 1 aliphatic heterocycles. The largest absolute Gasteiger partial charge is 0.865 e. The molecule has 2 amide bonds. The number of rotatable bonds is 4. The minimum absolute atomic E-state index is 0.0621. The predicted octanol–water partition coefficient (Wildman–Crippen LogP) is 0.478. The van der Waals surface area contributed by atoms with E-state index in [-0.39, 0.29) is 22.6 Å². The van der Waals surface area contributed by atoms with Crippen LogP contribution in [0.15, 0.2) is 23.4 Å². The summed E-state index contributed by atoms with van der Waals surface area (Å²) in [4.78, 5) is 33.9. The molecule has 10 nitrogen and oxygen atoms in total. The van der Waals surface area contributed by atoms with Crippen LogP contribution in [0.4, 0.5) is 10.5 Å². The molecule has 0 aromatic heterocycles. The highest BCUT2D eigenvalue weighted by Crippen LogP contribution is 2.38. The molecule has 0 spiro atoms. The first-order valence-corrected chi connectivity index (χ1v) is 6.70. The summed E-state index contributed by atoms with van der Waals surface area (Å²) in [7, 11) is 2.35. The number of methoxy groups -OCH3 is 2. The quantitative estimate of drug-likeness (QED) is 0.462. The topological polar surface area (TPSA) is 143 Å². The fourth-order valence-electron chi connectivity index (χ4n) is 2.39. The zero-order chi connectivity index (χ0) is 18.0. The summed E-state index contributed by atoms with van der Waals surface area (Å²) >= 11 is 0. The second kappa shape index (κ2) is 6.44. The average molecular weight is 336 g/mol. The number of allylic oxidation sites excluding steroid dienone is 1. The van der Waals surface area contributed by atoms with Crippen molar-refractivity contribution in [3.63, 3.8) is 0 Å². The number of nitro benzene ring substituents is 1. The van der Waals surface area contributed by atoms with Crippen LogP contribution in [-0.2, 0) is 9.53 Å². The van der Waals surface area contributed by atoms with Gasteiger partial charge in [0.1, 0.15) is 5.75 Å². The van der Waals surface area contributed by atoms with Crippen molar-refractivity contribution in [2.75, 3.05) is 14.2 Å². The Labute approximate surface area is 136 Å². The molecule has 10 heteroatoms. The van der Waals surface area contributed by atoms with Gasteiger partial charge in [0.25, 0.3) is 5.69 Å². The van der Waals surface area contributed by atoms with Crippen LogP contribution in [0.25, 0.3) is 0 Å². The van der Waals surface area contributed by atoms with E-state index in [0.717, 1.165) is 6.07 Å². The van der Waals surface area contributed by atoms with Gasteiger partial charge in [0.05, 0.1) is 30.8 Å². The van der Waals surface area contributed by atoms with E-state index in [2.05, 4.69) is 10.6 Å². The number of hydrogen-bond donors (Lipinski definition) is 2. The summed E-state index contributed by atoms with van der Waals surface area (Å²) in [5, 5.41) is 27.9. The second-order valence-corrected chi connectivity index (χ2v) is 4.89. The molecule has 2 rings (SSSR count). The first-order valence-electron chi connectivity index (χ1n) is 6.70. The Morgan fingerprint density at radius 1 is 1.33 bits per heavy atom. The van der Waals surface area contributed by atoms with Crippen molar-refractivity contribution in [3.05, 3.63) is 39.1 Å². The zero-order valence-electron chi connectivity index (χ0n) is 13.0. The number of hydrogen-bond acceptors (Lipinski definition) is 7. The first kappa shape index (κ1) is 17.1. The average Bonchev–Trinajstić information content (AvgIpc) is 2.53. The van der Waals surface area contributed by atoms with Crippen molar-refractivity contribution in [1.29, 1.82) is 0 Å². The van der Waals surface area contributed by atoms with Gasteiger partial charge < -0.3 is 25.2 Å². The third-order valence-electron chi connectivity index (χ3n) is 3.48. The molecule has 0 aliphatic carbocycles. The third-order valence-corrected chi connectivity index (χ3v) is 3.48. The SMILES string of the molecule is COC(=O)C1=C(C)NC(=O)NC1c1cc(OC)c([O-])c([N+](=O)[O-])c1. The molecule has 0 fully saturated rings. The van der Waals surface area contributed by atoms with Crippen LogP contribution in [-0.4, -0.2) is 31.1 Å². The zero-order valence-corrected chi connectivity index (χ0v) is 13.0. The molecule has 1 aromatic carbocycles. The molecule has 0 radical (unpaired) electrons. The Morgan fingerprint density at radius 3 is 2.54 bits per heavy atom. The van der Waals surface area contributed by atoms with E-state index in [1.54, 1.807) is 0 Å². The Kier molecular flexibility index (Phi) is 4.58. The molecular weight excluding hydrogens is 322 g/mol. The Bertz CT molecular complexity index is 757. The molecule has 2 N–H and O–H groups in total. The van der Waals surface area contributed by atoms with Gasteiger partial charge in [-0.3, -0.25) is 10.1 Å². The van der Waals surface area contributed by atoms with Crippen LogP contribution >= 0.6 is 0 Å². The summed E-state index contributed by atoms with van der Waals surface area (Å²) in [5.41, 5.74) is -0.276. The van der Waals surface area contributed by atoms with E-state index in [9.17, 15) is 24.8 Å². The van der Waals surface area contributed by atoms with E-state index in [1.165, 1.54) is 27.2 Å². The minimum Gasteiger partial charge on any atom is -0.865 e. The van der Waals surface area contributed by atoms with Crippen LogP contribution in [0.2, 0.25) is 0 Å². The van der Waals surface area contributed by atoms with Crippen molar-refractivity contribution < 1.29 is 29.1 Å². The van der Waals surface area contributed by atoms with E-state index in [1.807, 2.05) is 0 Å². The summed E-state index contributed by atoms with van der Waals surface area (Å²) in [6.45, 7) is 1.49. The Balaban J connectivity index is 2.66. The number of carbonyl (C=O) groups is 2. The third kappa shape index (κ3) is 2.93. The van der Waals surface area contributed by atoms with Crippen LogP contribution in [0.3, 0.4) is 0 Å². The first-order chi connectivity index (χ1) is 11.3. The Hall–Kier alpha value is -3.30. The number of ether oxygens (including phenoxy) is 2. The highest BCUT2D eigenvalue weighted by Gasteiger charge is 2.33. The second-order valence-electron chi connectivity index (χ2n) is 4.89. The molecule has 128 valence electrons. The van der Waals surface area contributed by atoms with E-state index >= 15 is 0 Å². The fraction of sp³-hybridized carbons (Fsp3) is 0.286. The number of carbonyl (C=O) groups excluding carboxylic acids is 2. The molecule has 0 bridgehead atoms. The van der Waals surface area contributed by atoms with Gasteiger partial charge >= 0.3 is 12.0 Å². The van der Waals surface area contributed by atoms with Gasteiger partial charge in [-0.05, 0) is 18.6 Å². The highest BCUT2D eigenvalue weighted by molar-refractivity contribution is 5.95. The predicted molar refractivity (Wildman–Crippen MR) is 78.2 cm³/mol. The van der Waals surface area contributed by atoms with Gasteiger partial charge in [-0.1, -0.05) is 0 Å². The summed E-state index contributed by atoms with van der Waals surface area (Å²) < 4.78 is 9.56. The van der Waals surface area contributed by atoms with Crippen molar-refractivity contribution in [3.8, 4) is 11.5 Å². The lowest BCUT2D eigenvalue weighted by Crippen LogP contribution is -2.45. The monoisotopic (exact) mass is 336 g/mol. The van der Waals surface area contributed by atoms with Gasteiger partial charge in [0.15, 0.2) is 0 Å². The standard InChI is InChI=1S/C14H15N3O7/c1-6-10(13(19)24-3)11(16-14(20)15-6)7-4-8(17(21)22)12(18)9(5-7)23-2/h4-5,11,18H,1-3H3,(H2,15,16,20)/p-1. The van der Waals surface area contributed by atoms with Crippen LogP contribution in [0.1, 0.15) is 18.5 Å². The van der Waals surface area contributed by atoms with Gasteiger partial charge in [0, 0.05) is 17.5 Å². The number of nitrogens with zero attached hydrogens (tertiary/aromatic N) is 1. The summed E-state index contributed by atoms with van der Waals surface area (Å²) in [5.74, 6) is -1.89. The lowest BCUT2D eigenvalue weighted by molar-refractivity contribution is -0.398. The molecule has 1 unspecified atom stereocenters. The molecule has 1 aliphatic rings. The smallest absolute Gasteiger partial charge is 0.337 e. The molecule has 0 saturated carbocycles. The molecular formula is C14H14N3O7-. The number of benzene rings is 1. The summed E-state index contributed by atoms with van der Waals surface area (Å²) in [6.07, 6.45) is 0. The van der Waals surface area contributed by atoms with Gasteiger partial charge in [-0.15, -0.1) is 0 Å². The van der Waals surface area contributed by atoms with Gasteiger partial charge in [-0.2, -0.15) is 0 Å². The maximum absolute atomic E-state index is 12.0. The number of urea groups is 1. The number of nitro groups is 1. The molecule has 1 aromatic rings. The normalized spacial score (nSPS) is 17.0. The summed E-state index contributed by atoms with van der Waals surface area (Å²) in [6, 6.07) is 0.608. The maximum atomic E-state index is 12.0. The maximum Gasteiger partial charge on any atom is 0.337 e. The highest BCUT2D eigenvalue weighted by atomic mass is 16.6. The van der Waals surface area contributed by atoms with Gasteiger partial charge in [-0.25, -0.2) is 9.59 Å². The Morgan fingerprint density at radius 2 is 2.00 bits per heavy atom. The van der Waals surface area contributed by atoms with Gasteiger partial charge in [0.2, 0.25) is 0 Å². The number of nitrogens with one attached hydrogen (secondary N) is 2. The molecule has 24 heavy (non-hydrogen) atoms. The number of esters is 1. The lowest BCUT2D eigenvalue weighted by Gasteiger charge is -2.28. The van der Waals surface area contributed by atoms with Crippen molar-refractivity contribution in [1.82, 2.24) is 10.6 Å². The van der Waals surface area contributed by atoms with E-state index < -0.39 is 34.4 Å². The number of amides is 2. The van der Waals surface area contributed by atoms with Crippen LogP contribution < -0.4 is 20.5 Å². The van der Waals surface area contributed by atoms with Crippen molar-refractivity contribution in [2.24, 2.45) is 0 Å². The lowest BCUT2D eigenvalue weighted by atomic mass is 9.94. The van der Waals surface area contributed by atoms with E-state index in [0.29, 0.717) is 0 Å². The molecule has 0 saturated heterocycles. The minimum atomic E-state index is -1.03. The van der Waals surface area contributed by atoms with Crippen LogP contribution in [0.5, 0.6) is 11.5 Å². The van der Waals surface area contributed by atoms with Crippen molar-refractivity contribution in [2.45, 2.75) is 13.0 Å². The van der Waals surface area contributed by atoms with Crippen LogP contribution in [0, 0.1) is 10.1 Å².